The number of para-hydroxylation sites is 1. The lowest BCUT2D eigenvalue weighted by molar-refractivity contribution is -0.126. The Morgan fingerprint density at radius 3 is 2.25 bits per heavy atom. The maximum absolute atomic E-state index is 13.1. The van der Waals surface area contributed by atoms with Crippen molar-refractivity contribution in [2.45, 2.75) is 6.92 Å². The van der Waals surface area contributed by atoms with Gasteiger partial charge in [-0.15, -0.1) is 0 Å². The second kappa shape index (κ2) is 7.11. The summed E-state index contributed by atoms with van der Waals surface area (Å²) in [6.07, 6.45) is 0. The molecule has 0 radical (unpaired) electrons. The van der Waals surface area contributed by atoms with Crippen molar-refractivity contribution in [1.82, 2.24) is 9.47 Å². The monoisotopic (exact) mass is 379 g/mol. The highest BCUT2D eigenvalue weighted by atomic mass is 19.1. The van der Waals surface area contributed by atoms with Crippen molar-refractivity contribution in [2.75, 3.05) is 31.1 Å². The topological polar surface area (TPSA) is 45.6 Å². The Morgan fingerprint density at radius 1 is 0.929 bits per heavy atom. The van der Waals surface area contributed by atoms with Crippen LogP contribution in [-0.2, 0) is 11.8 Å². The summed E-state index contributed by atoms with van der Waals surface area (Å²) < 4.78 is 15.1. The first kappa shape index (κ1) is 18.2. The molecule has 1 saturated heterocycles. The van der Waals surface area contributed by atoms with Crippen LogP contribution in [0.15, 0.2) is 48.5 Å². The minimum atomic E-state index is -0.460. The number of rotatable bonds is 3. The van der Waals surface area contributed by atoms with Gasteiger partial charge in [0.2, 0.25) is 0 Å². The van der Waals surface area contributed by atoms with E-state index in [1.807, 2.05) is 42.8 Å². The molecule has 0 aliphatic carbocycles. The van der Waals surface area contributed by atoms with E-state index >= 15 is 0 Å². The first-order valence-corrected chi connectivity index (χ1v) is 9.35. The van der Waals surface area contributed by atoms with Gasteiger partial charge >= 0.3 is 0 Å². The van der Waals surface area contributed by atoms with Crippen molar-refractivity contribution < 1.29 is 14.0 Å². The summed E-state index contributed by atoms with van der Waals surface area (Å²) in [5.41, 5.74) is 3.15. The molecule has 1 aliphatic heterocycles. The Bertz CT molecular complexity index is 1050. The van der Waals surface area contributed by atoms with Crippen LogP contribution in [0.25, 0.3) is 10.9 Å². The molecule has 1 aliphatic rings. The predicted octanol–water partition coefficient (Wildman–Crippen LogP) is 3.16. The fourth-order valence-electron chi connectivity index (χ4n) is 3.88. The maximum atomic E-state index is 13.1. The second-order valence-corrected chi connectivity index (χ2v) is 7.12. The maximum Gasteiger partial charge on any atom is 0.295 e. The number of hydrogen-bond donors (Lipinski definition) is 0. The first-order valence-electron chi connectivity index (χ1n) is 9.35. The van der Waals surface area contributed by atoms with Gasteiger partial charge in [-0.05, 0) is 37.3 Å². The highest BCUT2D eigenvalue weighted by molar-refractivity contribution is 6.45. The lowest BCUT2D eigenvalue weighted by Gasteiger charge is -2.35. The summed E-state index contributed by atoms with van der Waals surface area (Å²) in [4.78, 5) is 29.6. The van der Waals surface area contributed by atoms with Crippen LogP contribution in [0.4, 0.5) is 10.1 Å². The summed E-state index contributed by atoms with van der Waals surface area (Å²) in [7, 11) is 1.90. The molecule has 5 nitrogen and oxygen atoms in total. The third-order valence-corrected chi connectivity index (χ3v) is 5.58. The zero-order valence-electron chi connectivity index (χ0n) is 16.0. The number of piperazine rings is 1. The Labute approximate surface area is 163 Å². The molecular weight excluding hydrogens is 357 g/mol. The third-order valence-electron chi connectivity index (χ3n) is 5.58. The van der Waals surface area contributed by atoms with Gasteiger partial charge in [0.05, 0.1) is 5.56 Å². The number of ketones is 1. The van der Waals surface area contributed by atoms with E-state index in [0.29, 0.717) is 31.7 Å². The van der Waals surface area contributed by atoms with E-state index in [1.165, 1.54) is 12.1 Å². The fourth-order valence-corrected chi connectivity index (χ4v) is 3.88. The molecule has 144 valence electrons. The van der Waals surface area contributed by atoms with Gasteiger partial charge in [-0.25, -0.2) is 4.39 Å². The number of halogens is 1. The lowest BCUT2D eigenvalue weighted by Crippen LogP contribution is -2.50. The average molecular weight is 379 g/mol. The normalized spacial score (nSPS) is 14.5. The minimum absolute atomic E-state index is 0.270. The highest BCUT2D eigenvalue weighted by Crippen LogP contribution is 2.26. The van der Waals surface area contributed by atoms with Crippen molar-refractivity contribution in [3.63, 3.8) is 0 Å². The molecule has 2 heterocycles. The number of carbonyl (C=O) groups excluding carboxylic acids is 2. The van der Waals surface area contributed by atoms with E-state index in [-0.39, 0.29) is 5.82 Å². The number of anilines is 1. The number of benzene rings is 2. The largest absolute Gasteiger partial charge is 0.368 e. The van der Waals surface area contributed by atoms with E-state index in [9.17, 15) is 14.0 Å². The minimum Gasteiger partial charge on any atom is -0.368 e. The second-order valence-electron chi connectivity index (χ2n) is 7.12. The zero-order valence-corrected chi connectivity index (χ0v) is 16.0. The molecule has 6 heteroatoms. The summed E-state index contributed by atoms with van der Waals surface area (Å²) in [5.74, 6) is -1.18. The lowest BCUT2D eigenvalue weighted by atomic mass is 10.1. The molecule has 0 unspecified atom stereocenters. The Hall–Kier alpha value is -3.15. The molecule has 4 rings (SSSR count). The fraction of sp³-hybridized carbons (Fsp3) is 0.273. The van der Waals surface area contributed by atoms with E-state index in [1.54, 1.807) is 17.0 Å². The van der Waals surface area contributed by atoms with E-state index < -0.39 is 11.7 Å². The first-order chi connectivity index (χ1) is 13.5. The van der Waals surface area contributed by atoms with Crippen LogP contribution in [0.3, 0.4) is 0 Å². The summed E-state index contributed by atoms with van der Waals surface area (Å²) in [5, 5.41) is 0.811. The third kappa shape index (κ3) is 3.05. The number of carbonyl (C=O) groups is 2. The number of nitrogens with zero attached hydrogens (tertiary/aromatic N) is 3. The molecule has 2 aromatic carbocycles. The van der Waals surface area contributed by atoms with Crippen molar-refractivity contribution in [2.24, 2.45) is 7.05 Å². The average Bonchev–Trinajstić information content (AvgIpc) is 2.98. The Morgan fingerprint density at radius 2 is 1.57 bits per heavy atom. The van der Waals surface area contributed by atoms with Crippen molar-refractivity contribution in [3.8, 4) is 0 Å². The number of fused-ring (bicyclic) bond motifs is 1. The number of amides is 1. The Balaban J connectivity index is 1.51. The van der Waals surface area contributed by atoms with E-state index in [0.717, 1.165) is 22.3 Å². The number of aryl methyl sites for hydroxylation is 1. The predicted molar refractivity (Wildman–Crippen MR) is 107 cm³/mol. The standard InChI is InChI=1S/C22H22FN3O2/c1-15-20(18-5-3-4-6-19(18)24(15)2)21(27)22(28)26-13-11-25(12-14-26)17-9-7-16(23)8-10-17/h3-10H,11-14H2,1-2H3. The quantitative estimate of drug-likeness (QED) is 0.519. The Kier molecular flexibility index (Phi) is 4.63. The summed E-state index contributed by atoms with van der Waals surface area (Å²) in [6, 6.07) is 14.0. The highest BCUT2D eigenvalue weighted by Gasteiger charge is 2.30. The molecule has 3 aromatic rings. The van der Waals surface area contributed by atoms with Gasteiger partial charge < -0.3 is 14.4 Å². The number of Topliss-reactive ketones (excluding diaryl/α,β-unsaturated/α-hetero) is 1. The zero-order chi connectivity index (χ0) is 19.8. The van der Waals surface area contributed by atoms with Crippen LogP contribution < -0.4 is 4.90 Å². The molecular formula is C22H22FN3O2. The van der Waals surface area contributed by atoms with Crippen LogP contribution in [-0.4, -0.2) is 47.3 Å². The van der Waals surface area contributed by atoms with Gasteiger partial charge in [0.25, 0.3) is 11.7 Å². The van der Waals surface area contributed by atoms with Gasteiger partial charge in [-0.3, -0.25) is 9.59 Å². The molecule has 1 fully saturated rings. The number of hydrogen-bond acceptors (Lipinski definition) is 3. The van der Waals surface area contributed by atoms with Gasteiger partial charge in [0.1, 0.15) is 5.82 Å². The smallest absolute Gasteiger partial charge is 0.295 e. The van der Waals surface area contributed by atoms with Crippen LogP contribution >= 0.6 is 0 Å². The molecule has 28 heavy (non-hydrogen) atoms. The van der Waals surface area contributed by atoms with E-state index in [4.69, 9.17) is 0 Å². The SMILES string of the molecule is Cc1c(C(=O)C(=O)N2CCN(c3ccc(F)cc3)CC2)c2ccccc2n1C. The van der Waals surface area contributed by atoms with Gasteiger partial charge in [-0.2, -0.15) is 0 Å². The molecule has 0 spiro atoms. The molecule has 0 saturated carbocycles. The molecule has 0 bridgehead atoms. The molecule has 0 atom stereocenters. The van der Waals surface area contributed by atoms with Gasteiger partial charge in [-0.1, -0.05) is 18.2 Å². The summed E-state index contributed by atoms with van der Waals surface area (Å²) >= 11 is 0. The van der Waals surface area contributed by atoms with Crippen LogP contribution in [0, 0.1) is 12.7 Å². The van der Waals surface area contributed by atoms with Gasteiger partial charge in [0, 0.05) is 55.5 Å². The van der Waals surface area contributed by atoms with Crippen molar-refractivity contribution in [1.29, 1.82) is 0 Å². The van der Waals surface area contributed by atoms with Crippen molar-refractivity contribution in [3.05, 3.63) is 65.6 Å². The molecule has 1 amide bonds. The van der Waals surface area contributed by atoms with Gasteiger partial charge in [0.15, 0.2) is 0 Å². The molecule has 1 aromatic heterocycles. The van der Waals surface area contributed by atoms with Crippen molar-refractivity contribution >= 4 is 28.3 Å². The van der Waals surface area contributed by atoms with E-state index in [2.05, 4.69) is 4.90 Å². The van der Waals surface area contributed by atoms with Crippen LogP contribution in [0.2, 0.25) is 0 Å². The summed E-state index contributed by atoms with van der Waals surface area (Å²) in [6.45, 7) is 4.02. The number of aromatic nitrogens is 1. The molecule has 0 N–H and O–H groups in total. The van der Waals surface area contributed by atoms with Crippen LogP contribution in [0.1, 0.15) is 16.1 Å². The van der Waals surface area contributed by atoms with Crippen LogP contribution in [0.5, 0.6) is 0 Å².